The lowest BCUT2D eigenvalue weighted by Crippen LogP contribution is -2.06. The molecule has 0 saturated carbocycles. The summed E-state index contributed by atoms with van der Waals surface area (Å²) < 4.78 is 2.05. The lowest BCUT2D eigenvalue weighted by molar-refractivity contribution is 0.612. The highest BCUT2D eigenvalue weighted by Gasteiger charge is 2.13. The van der Waals surface area contributed by atoms with Gasteiger partial charge in [-0.25, -0.2) is 15.0 Å². The van der Waals surface area contributed by atoms with Crippen molar-refractivity contribution >= 4 is 17.0 Å². The van der Waals surface area contributed by atoms with E-state index in [4.69, 9.17) is 0 Å². The van der Waals surface area contributed by atoms with E-state index in [1.807, 2.05) is 31.6 Å². The fourth-order valence-corrected chi connectivity index (χ4v) is 2.22. The average Bonchev–Trinajstić information content (AvgIpc) is 2.89. The van der Waals surface area contributed by atoms with Crippen LogP contribution in [-0.4, -0.2) is 24.5 Å². The van der Waals surface area contributed by atoms with Crippen molar-refractivity contribution in [3.8, 4) is 0 Å². The Balaban J connectivity index is 1.95. The number of aryl methyl sites for hydroxylation is 1. The van der Waals surface area contributed by atoms with Gasteiger partial charge in [-0.15, -0.1) is 0 Å². The Morgan fingerprint density at radius 2 is 2.14 bits per heavy atom. The summed E-state index contributed by atoms with van der Waals surface area (Å²) in [4.78, 5) is 17.5. The van der Waals surface area contributed by atoms with Crippen molar-refractivity contribution in [1.29, 1.82) is 0 Å². The average molecular weight is 282 g/mol. The van der Waals surface area contributed by atoms with Crippen LogP contribution in [-0.2, 0) is 6.54 Å². The van der Waals surface area contributed by atoms with E-state index in [1.165, 1.54) is 0 Å². The van der Waals surface area contributed by atoms with Crippen molar-refractivity contribution in [2.24, 2.45) is 0 Å². The fraction of sp³-hybridized carbons (Fsp3) is 0.333. The molecule has 0 aromatic carbocycles. The van der Waals surface area contributed by atoms with Gasteiger partial charge in [0.1, 0.15) is 11.3 Å². The Morgan fingerprint density at radius 1 is 1.29 bits per heavy atom. The highest BCUT2D eigenvalue weighted by atomic mass is 15.2. The van der Waals surface area contributed by atoms with Gasteiger partial charge in [-0.1, -0.05) is 6.07 Å². The van der Waals surface area contributed by atoms with E-state index in [9.17, 15) is 0 Å². The van der Waals surface area contributed by atoms with E-state index >= 15 is 0 Å². The smallest absolute Gasteiger partial charge is 0.165 e. The van der Waals surface area contributed by atoms with Crippen molar-refractivity contribution in [2.75, 3.05) is 5.32 Å². The van der Waals surface area contributed by atoms with Gasteiger partial charge in [-0.05, 0) is 32.4 Å². The molecule has 3 aromatic rings. The highest BCUT2D eigenvalue weighted by molar-refractivity contribution is 5.83. The molecule has 0 unspecified atom stereocenters. The summed E-state index contributed by atoms with van der Waals surface area (Å²) in [5.74, 6) is 1.50. The summed E-state index contributed by atoms with van der Waals surface area (Å²) in [6.07, 6.45) is 5.42. The van der Waals surface area contributed by atoms with Crippen molar-refractivity contribution in [1.82, 2.24) is 24.5 Å². The normalized spacial score (nSPS) is 11.2. The van der Waals surface area contributed by atoms with E-state index in [1.54, 1.807) is 6.20 Å². The summed E-state index contributed by atoms with van der Waals surface area (Å²) in [7, 11) is 0. The topological polar surface area (TPSA) is 68.5 Å². The number of aromatic nitrogens is 5. The van der Waals surface area contributed by atoms with Crippen LogP contribution in [0.1, 0.15) is 31.3 Å². The van der Waals surface area contributed by atoms with Crippen LogP contribution in [0.4, 0.5) is 5.82 Å². The van der Waals surface area contributed by atoms with Crippen LogP contribution in [0.15, 0.2) is 30.9 Å². The van der Waals surface area contributed by atoms with E-state index < -0.39 is 0 Å². The van der Waals surface area contributed by atoms with E-state index in [0.29, 0.717) is 12.6 Å². The quantitative estimate of drug-likeness (QED) is 0.797. The molecule has 0 spiro atoms. The molecule has 3 aromatic heterocycles. The summed E-state index contributed by atoms with van der Waals surface area (Å²) in [5.41, 5.74) is 2.77. The maximum atomic E-state index is 4.51. The maximum absolute atomic E-state index is 4.51. The summed E-state index contributed by atoms with van der Waals surface area (Å²) in [6.45, 7) is 6.78. The first-order valence-electron chi connectivity index (χ1n) is 6.99. The molecule has 6 nitrogen and oxygen atoms in total. The monoisotopic (exact) mass is 282 g/mol. The number of nitrogens with zero attached hydrogens (tertiary/aromatic N) is 5. The molecule has 0 aliphatic rings. The maximum Gasteiger partial charge on any atom is 0.165 e. The van der Waals surface area contributed by atoms with Crippen LogP contribution >= 0.6 is 0 Å². The van der Waals surface area contributed by atoms with Gasteiger partial charge in [0.15, 0.2) is 11.5 Å². The zero-order chi connectivity index (χ0) is 14.8. The van der Waals surface area contributed by atoms with E-state index in [0.717, 1.165) is 28.4 Å². The van der Waals surface area contributed by atoms with Crippen LogP contribution in [0, 0.1) is 6.92 Å². The van der Waals surface area contributed by atoms with Gasteiger partial charge >= 0.3 is 0 Å². The second-order valence-electron chi connectivity index (χ2n) is 5.25. The third-order valence-corrected chi connectivity index (χ3v) is 3.27. The van der Waals surface area contributed by atoms with E-state index in [2.05, 4.69) is 43.7 Å². The Morgan fingerprint density at radius 3 is 2.86 bits per heavy atom. The van der Waals surface area contributed by atoms with Crippen LogP contribution in [0.2, 0.25) is 0 Å². The molecule has 21 heavy (non-hydrogen) atoms. The lowest BCUT2D eigenvalue weighted by atomic mass is 10.3. The van der Waals surface area contributed by atoms with Crippen molar-refractivity contribution in [3.63, 3.8) is 0 Å². The molecule has 0 saturated heterocycles. The SMILES string of the molecule is Cc1nc(NCc2cccnc2)c2ncn(C(C)C)c2n1. The van der Waals surface area contributed by atoms with Gasteiger partial charge in [0.2, 0.25) is 0 Å². The summed E-state index contributed by atoms with van der Waals surface area (Å²) >= 11 is 0. The zero-order valence-corrected chi connectivity index (χ0v) is 12.4. The molecule has 0 radical (unpaired) electrons. The van der Waals surface area contributed by atoms with Crippen molar-refractivity contribution in [3.05, 3.63) is 42.2 Å². The molecule has 3 rings (SSSR count). The van der Waals surface area contributed by atoms with Crippen molar-refractivity contribution < 1.29 is 0 Å². The number of imidazole rings is 1. The zero-order valence-electron chi connectivity index (χ0n) is 12.4. The number of nitrogens with one attached hydrogen (secondary N) is 1. The van der Waals surface area contributed by atoms with Crippen LogP contribution in [0.3, 0.4) is 0 Å². The minimum absolute atomic E-state index is 0.315. The molecule has 3 heterocycles. The van der Waals surface area contributed by atoms with Crippen LogP contribution in [0.25, 0.3) is 11.2 Å². The van der Waals surface area contributed by atoms with Gasteiger partial charge < -0.3 is 9.88 Å². The minimum atomic E-state index is 0.315. The molecule has 0 bridgehead atoms. The first kappa shape index (κ1) is 13.5. The number of hydrogen-bond acceptors (Lipinski definition) is 5. The van der Waals surface area contributed by atoms with Gasteiger partial charge in [-0.2, -0.15) is 0 Å². The minimum Gasteiger partial charge on any atom is -0.364 e. The fourth-order valence-electron chi connectivity index (χ4n) is 2.22. The number of anilines is 1. The second-order valence-corrected chi connectivity index (χ2v) is 5.25. The standard InChI is InChI=1S/C15H18N6/c1-10(2)21-9-18-13-14(19-11(3)20-15(13)21)17-8-12-5-4-6-16-7-12/h4-7,9-10H,8H2,1-3H3,(H,17,19,20). The first-order chi connectivity index (χ1) is 10.1. The highest BCUT2D eigenvalue weighted by Crippen LogP contribution is 2.21. The molecular formula is C15H18N6. The number of pyridine rings is 1. The Kier molecular flexibility index (Phi) is 3.51. The molecule has 0 amide bonds. The first-order valence-corrected chi connectivity index (χ1v) is 6.99. The number of hydrogen-bond donors (Lipinski definition) is 1. The Hall–Kier alpha value is -2.50. The van der Waals surface area contributed by atoms with Crippen LogP contribution < -0.4 is 5.32 Å². The van der Waals surface area contributed by atoms with Crippen LogP contribution in [0.5, 0.6) is 0 Å². The molecule has 108 valence electrons. The van der Waals surface area contributed by atoms with Crippen molar-refractivity contribution in [2.45, 2.75) is 33.4 Å². The number of rotatable bonds is 4. The molecule has 0 fully saturated rings. The molecule has 6 heteroatoms. The third kappa shape index (κ3) is 2.69. The van der Waals surface area contributed by atoms with Gasteiger partial charge in [0.05, 0.1) is 6.33 Å². The Labute approximate surface area is 123 Å². The molecule has 0 aliphatic heterocycles. The molecule has 0 aliphatic carbocycles. The Bertz CT molecular complexity index is 747. The van der Waals surface area contributed by atoms with E-state index in [-0.39, 0.29) is 0 Å². The largest absolute Gasteiger partial charge is 0.364 e. The predicted octanol–water partition coefficient (Wildman–Crippen LogP) is 2.72. The molecular weight excluding hydrogens is 264 g/mol. The predicted molar refractivity (Wildman–Crippen MR) is 82.0 cm³/mol. The summed E-state index contributed by atoms with van der Waals surface area (Å²) in [5, 5.41) is 3.33. The third-order valence-electron chi connectivity index (χ3n) is 3.27. The second kappa shape index (κ2) is 5.47. The molecule has 1 N–H and O–H groups in total. The summed E-state index contributed by atoms with van der Waals surface area (Å²) in [6, 6.07) is 4.26. The molecule has 0 atom stereocenters. The number of fused-ring (bicyclic) bond motifs is 1. The van der Waals surface area contributed by atoms with Gasteiger partial charge in [0.25, 0.3) is 0 Å². The lowest BCUT2D eigenvalue weighted by Gasteiger charge is -2.10. The van der Waals surface area contributed by atoms with Gasteiger partial charge in [-0.3, -0.25) is 4.98 Å². The van der Waals surface area contributed by atoms with Gasteiger partial charge in [0, 0.05) is 25.0 Å².